The highest BCUT2D eigenvalue weighted by atomic mass is 32.1. The summed E-state index contributed by atoms with van der Waals surface area (Å²) in [7, 11) is 0. The Kier molecular flexibility index (Phi) is 8.74. The third-order valence-corrected chi connectivity index (χ3v) is 7.74. The molecule has 230 valence electrons. The number of nitrogens with zero attached hydrogens (tertiary/aromatic N) is 4. The Balaban J connectivity index is 0.00000198. The SMILES string of the molecule is C=S.N=C(c1cnc(-c2[nH]ncc2NC(=O)N2CCC(O)(C(F)(F)F)CC23CC3)cc1NCC(F)(F)F)N1CCCC1. The van der Waals surface area contributed by atoms with Gasteiger partial charge in [-0.15, -0.1) is 0 Å². The standard InChI is InChI=1S/C24H28F6N8O2.CH2S/c25-23(26,27)13-33-15-9-16(32-10-14(15)19(31)37-6-1-2-7-37)18-17(11-34-36-18)35-20(39)38-8-5-22(40,24(28,29)30)12-21(38)3-4-21;1-2/h9-11,31,40H,1-8,12-13H2,(H,32,33)(H,34,36)(H,35,39);1H2. The Morgan fingerprint density at radius 2 is 1.76 bits per heavy atom. The van der Waals surface area contributed by atoms with E-state index in [1.54, 1.807) is 4.90 Å². The minimum atomic E-state index is -4.82. The molecule has 1 aliphatic carbocycles. The molecule has 2 aromatic heterocycles. The van der Waals surface area contributed by atoms with E-state index < -0.39 is 48.9 Å². The molecular weight excluding hydrogens is 590 g/mol. The van der Waals surface area contributed by atoms with Gasteiger partial charge < -0.3 is 25.5 Å². The number of thiocarbonyl (C=S) groups is 1. The molecule has 1 atom stereocenters. The first-order valence-electron chi connectivity index (χ1n) is 13.1. The van der Waals surface area contributed by atoms with Crippen LogP contribution in [0.3, 0.4) is 0 Å². The number of piperidine rings is 1. The molecule has 2 saturated heterocycles. The maximum atomic E-state index is 13.4. The van der Waals surface area contributed by atoms with Crippen molar-refractivity contribution in [3.63, 3.8) is 0 Å². The van der Waals surface area contributed by atoms with Gasteiger partial charge in [0.25, 0.3) is 0 Å². The van der Waals surface area contributed by atoms with Crippen LogP contribution in [0.2, 0.25) is 0 Å². The predicted octanol–water partition coefficient (Wildman–Crippen LogP) is 4.94. The van der Waals surface area contributed by atoms with Crippen molar-refractivity contribution in [1.29, 1.82) is 5.41 Å². The molecule has 1 unspecified atom stereocenters. The smallest absolute Gasteiger partial charge is 0.380 e. The Labute approximate surface area is 242 Å². The average molecular weight is 621 g/mol. The minimum absolute atomic E-state index is 0.0190. The van der Waals surface area contributed by atoms with Gasteiger partial charge in [-0.25, -0.2) is 4.79 Å². The van der Waals surface area contributed by atoms with E-state index in [1.165, 1.54) is 23.4 Å². The van der Waals surface area contributed by atoms with Gasteiger partial charge in [0, 0.05) is 49.9 Å². The number of aromatic amines is 1. The zero-order valence-electron chi connectivity index (χ0n) is 22.3. The number of amidine groups is 1. The number of aromatic nitrogens is 3. The van der Waals surface area contributed by atoms with Crippen LogP contribution in [0.5, 0.6) is 0 Å². The number of amides is 2. The van der Waals surface area contributed by atoms with E-state index in [9.17, 15) is 36.2 Å². The summed E-state index contributed by atoms with van der Waals surface area (Å²) in [4.78, 5) is 20.5. The molecule has 2 aliphatic heterocycles. The first kappa shape index (κ1) is 31.5. The third kappa shape index (κ3) is 6.45. The largest absolute Gasteiger partial charge is 0.417 e. The quantitative estimate of drug-likeness (QED) is 0.139. The van der Waals surface area contributed by atoms with Gasteiger partial charge in [-0.05, 0) is 37.6 Å². The average Bonchev–Trinajstić information content (AvgIpc) is 3.31. The van der Waals surface area contributed by atoms with Crippen LogP contribution in [0.1, 0.15) is 44.1 Å². The van der Waals surface area contributed by atoms with E-state index in [0.717, 1.165) is 12.8 Å². The number of halogens is 6. The first-order chi connectivity index (χ1) is 19.7. The highest BCUT2D eigenvalue weighted by Gasteiger charge is 2.65. The maximum Gasteiger partial charge on any atom is 0.417 e. The van der Waals surface area contributed by atoms with Crippen LogP contribution in [-0.2, 0) is 0 Å². The van der Waals surface area contributed by atoms with Gasteiger partial charge in [-0.1, -0.05) is 12.2 Å². The molecule has 0 bridgehead atoms. The molecule has 5 rings (SSSR count). The topological polar surface area (TPSA) is 133 Å². The normalized spacial score (nSPS) is 21.5. The number of hydrogen-bond acceptors (Lipinski definition) is 7. The van der Waals surface area contributed by atoms with Gasteiger partial charge in [0.2, 0.25) is 0 Å². The van der Waals surface area contributed by atoms with Crippen molar-refractivity contribution in [2.24, 2.45) is 0 Å². The molecule has 0 aromatic carbocycles. The van der Waals surface area contributed by atoms with Crippen LogP contribution < -0.4 is 10.6 Å². The van der Waals surface area contributed by atoms with Gasteiger partial charge in [0.1, 0.15) is 18.1 Å². The molecule has 3 aliphatic rings. The summed E-state index contributed by atoms with van der Waals surface area (Å²) < 4.78 is 79.3. The zero-order chi connectivity index (χ0) is 30.9. The van der Waals surface area contributed by atoms with Crippen LogP contribution >= 0.6 is 12.2 Å². The molecule has 17 heteroatoms. The molecule has 3 fully saturated rings. The second-order valence-electron chi connectivity index (χ2n) is 10.5. The number of anilines is 2. The molecule has 10 nitrogen and oxygen atoms in total. The van der Waals surface area contributed by atoms with Crippen LogP contribution in [0.4, 0.5) is 42.5 Å². The lowest BCUT2D eigenvalue weighted by Crippen LogP contribution is -2.60. The number of urea groups is 1. The van der Waals surface area contributed by atoms with E-state index in [4.69, 9.17) is 5.41 Å². The number of H-pyrrole nitrogens is 1. The van der Waals surface area contributed by atoms with E-state index in [1.807, 2.05) is 0 Å². The summed E-state index contributed by atoms with van der Waals surface area (Å²) in [5.41, 5.74) is -3.37. The molecule has 5 N–H and O–H groups in total. The fourth-order valence-corrected chi connectivity index (χ4v) is 5.40. The second-order valence-corrected chi connectivity index (χ2v) is 10.5. The van der Waals surface area contributed by atoms with Crippen molar-refractivity contribution < 1.29 is 36.2 Å². The fourth-order valence-electron chi connectivity index (χ4n) is 5.40. The van der Waals surface area contributed by atoms with Crippen LogP contribution in [0, 0.1) is 5.41 Å². The monoisotopic (exact) mass is 620 g/mol. The first-order valence-corrected chi connectivity index (χ1v) is 13.6. The number of aliphatic hydroxyl groups is 1. The highest BCUT2D eigenvalue weighted by molar-refractivity contribution is 7.77. The Hall–Kier alpha value is -3.47. The number of likely N-dealkylation sites (tertiary alicyclic amines) is 2. The van der Waals surface area contributed by atoms with E-state index in [0.29, 0.717) is 25.9 Å². The number of rotatable bonds is 5. The van der Waals surface area contributed by atoms with Crippen molar-refractivity contribution in [2.45, 2.75) is 62.0 Å². The van der Waals surface area contributed by atoms with Crippen molar-refractivity contribution >= 4 is 41.3 Å². The van der Waals surface area contributed by atoms with E-state index >= 15 is 0 Å². The summed E-state index contributed by atoms with van der Waals surface area (Å²) in [6, 6.07) is 0.633. The molecule has 42 heavy (non-hydrogen) atoms. The van der Waals surface area contributed by atoms with Crippen molar-refractivity contribution in [3.05, 3.63) is 24.0 Å². The number of carbonyl (C=O) groups is 1. The van der Waals surface area contributed by atoms with Crippen molar-refractivity contribution in [1.82, 2.24) is 25.0 Å². The van der Waals surface area contributed by atoms with Gasteiger partial charge in [-0.3, -0.25) is 15.5 Å². The minimum Gasteiger partial charge on any atom is -0.380 e. The lowest BCUT2D eigenvalue weighted by Gasteiger charge is -2.45. The number of nitrogens with one attached hydrogen (secondary N) is 4. The Bertz CT molecular complexity index is 1310. The molecule has 4 heterocycles. The molecular formula is C25H30F6N8O2S. The van der Waals surface area contributed by atoms with Crippen LogP contribution in [0.15, 0.2) is 18.5 Å². The van der Waals surface area contributed by atoms with Gasteiger partial charge in [-0.2, -0.15) is 31.4 Å². The van der Waals surface area contributed by atoms with E-state index in [2.05, 4.69) is 43.9 Å². The molecule has 2 aromatic rings. The van der Waals surface area contributed by atoms with Crippen LogP contribution in [0.25, 0.3) is 11.4 Å². The summed E-state index contributed by atoms with van der Waals surface area (Å²) >= 11 is 3.83. The number of pyridine rings is 1. The molecule has 0 radical (unpaired) electrons. The Morgan fingerprint density at radius 1 is 1.10 bits per heavy atom. The summed E-state index contributed by atoms with van der Waals surface area (Å²) in [6.07, 6.45) is -5.71. The lowest BCUT2D eigenvalue weighted by atomic mass is 9.84. The van der Waals surface area contributed by atoms with Crippen LogP contribution in [-0.4, -0.2) is 97.5 Å². The second kappa shape index (κ2) is 11.7. The van der Waals surface area contributed by atoms with Gasteiger partial charge in [0.05, 0.1) is 23.1 Å². The fraction of sp³-hybridized carbons (Fsp3) is 0.560. The van der Waals surface area contributed by atoms with E-state index in [-0.39, 0.29) is 40.7 Å². The van der Waals surface area contributed by atoms with Crippen molar-refractivity contribution in [3.8, 4) is 11.4 Å². The Morgan fingerprint density at radius 3 is 2.36 bits per heavy atom. The predicted molar refractivity (Wildman–Crippen MR) is 147 cm³/mol. The number of hydrogen-bond donors (Lipinski definition) is 5. The van der Waals surface area contributed by atoms with Crippen molar-refractivity contribution in [2.75, 3.05) is 36.8 Å². The zero-order valence-corrected chi connectivity index (χ0v) is 23.1. The summed E-state index contributed by atoms with van der Waals surface area (Å²) in [6.45, 7) is -0.445. The highest BCUT2D eigenvalue weighted by Crippen LogP contribution is 2.55. The molecule has 1 spiro atoms. The maximum absolute atomic E-state index is 13.4. The molecule has 1 saturated carbocycles. The number of alkyl halides is 6. The summed E-state index contributed by atoms with van der Waals surface area (Å²) in [5.74, 6) is 2.87. The van der Waals surface area contributed by atoms with Gasteiger partial charge >= 0.3 is 18.4 Å². The van der Waals surface area contributed by atoms with Gasteiger partial charge in [0.15, 0.2) is 5.60 Å². The third-order valence-electron chi connectivity index (χ3n) is 7.74. The lowest BCUT2D eigenvalue weighted by molar-refractivity contribution is -0.277. The molecule has 2 amide bonds. The number of carbonyl (C=O) groups excluding carboxylic acids is 1. The summed E-state index contributed by atoms with van der Waals surface area (Å²) in [5, 5.41) is 30.2.